The summed E-state index contributed by atoms with van der Waals surface area (Å²) in [6.07, 6.45) is 6.58. The molecule has 2 heterocycles. The Hall–Kier alpha value is -1.58. The summed E-state index contributed by atoms with van der Waals surface area (Å²) >= 11 is 0. The highest BCUT2D eigenvalue weighted by Gasteiger charge is 2.24. The van der Waals surface area contributed by atoms with Gasteiger partial charge in [-0.25, -0.2) is 0 Å². The molecule has 1 aliphatic rings. The van der Waals surface area contributed by atoms with Crippen LogP contribution in [0.3, 0.4) is 0 Å². The number of pyridine rings is 1. The van der Waals surface area contributed by atoms with Crippen molar-refractivity contribution < 1.29 is 4.79 Å². The van der Waals surface area contributed by atoms with Crippen molar-refractivity contribution in [2.75, 3.05) is 24.5 Å². The number of anilines is 1. The Balaban J connectivity index is 1.75. The molecule has 4 nitrogen and oxygen atoms in total. The predicted octanol–water partition coefficient (Wildman–Crippen LogP) is 2.46. The van der Waals surface area contributed by atoms with Crippen LogP contribution >= 0.6 is 0 Å². The second-order valence-corrected chi connectivity index (χ2v) is 5.94. The first-order valence-electron chi connectivity index (χ1n) is 7.59. The third-order valence-corrected chi connectivity index (χ3v) is 3.91. The van der Waals surface area contributed by atoms with E-state index in [0.29, 0.717) is 5.92 Å². The van der Waals surface area contributed by atoms with Gasteiger partial charge in [0.05, 0.1) is 0 Å². The number of rotatable bonds is 5. The monoisotopic (exact) mass is 275 g/mol. The van der Waals surface area contributed by atoms with Crippen LogP contribution in [0.4, 0.5) is 5.69 Å². The molecule has 0 aromatic carbocycles. The standard InChI is InChI=1S/C16H25N3O/c1-13(2)3-10-18-16(20)14-6-11-19(12-7-14)15-4-8-17-9-5-15/h4-5,8-9,13-14H,3,6-7,10-12H2,1-2H3,(H,18,20). The highest BCUT2D eigenvalue weighted by Crippen LogP contribution is 2.22. The predicted molar refractivity (Wildman–Crippen MR) is 81.6 cm³/mol. The van der Waals surface area contributed by atoms with Gasteiger partial charge in [-0.2, -0.15) is 0 Å². The lowest BCUT2D eigenvalue weighted by Crippen LogP contribution is -2.41. The van der Waals surface area contributed by atoms with Gasteiger partial charge < -0.3 is 10.2 Å². The van der Waals surface area contributed by atoms with Gasteiger partial charge in [0, 0.05) is 43.6 Å². The van der Waals surface area contributed by atoms with E-state index in [-0.39, 0.29) is 11.8 Å². The molecule has 1 saturated heterocycles. The van der Waals surface area contributed by atoms with Gasteiger partial charge in [0.1, 0.15) is 0 Å². The van der Waals surface area contributed by atoms with Crippen molar-refractivity contribution in [3.8, 4) is 0 Å². The number of carbonyl (C=O) groups excluding carboxylic acids is 1. The van der Waals surface area contributed by atoms with Crippen LogP contribution in [-0.2, 0) is 4.79 Å². The molecule has 4 heteroatoms. The molecule has 1 N–H and O–H groups in total. The Morgan fingerprint density at radius 1 is 1.35 bits per heavy atom. The minimum absolute atomic E-state index is 0.181. The average Bonchev–Trinajstić information content (AvgIpc) is 2.48. The lowest BCUT2D eigenvalue weighted by molar-refractivity contribution is -0.125. The maximum Gasteiger partial charge on any atom is 0.223 e. The zero-order chi connectivity index (χ0) is 14.4. The molecule has 0 radical (unpaired) electrons. The Kier molecular flexibility index (Phi) is 5.39. The molecule has 20 heavy (non-hydrogen) atoms. The second-order valence-electron chi connectivity index (χ2n) is 5.94. The topological polar surface area (TPSA) is 45.2 Å². The SMILES string of the molecule is CC(C)CCNC(=O)C1CCN(c2ccncc2)CC1. The van der Waals surface area contributed by atoms with Gasteiger partial charge in [-0.05, 0) is 37.3 Å². The molecular weight excluding hydrogens is 250 g/mol. The van der Waals surface area contributed by atoms with Gasteiger partial charge in [0.2, 0.25) is 5.91 Å². The van der Waals surface area contributed by atoms with E-state index in [4.69, 9.17) is 0 Å². The molecule has 0 atom stereocenters. The number of amides is 1. The molecule has 2 rings (SSSR count). The van der Waals surface area contributed by atoms with E-state index < -0.39 is 0 Å². The lowest BCUT2D eigenvalue weighted by atomic mass is 9.95. The Morgan fingerprint density at radius 3 is 2.60 bits per heavy atom. The molecule has 0 unspecified atom stereocenters. The number of nitrogens with zero attached hydrogens (tertiary/aromatic N) is 2. The van der Waals surface area contributed by atoms with Gasteiger partial charge in [-0.1, -0.05) is 13.8 Å². The molecule has 1 aromatic rings. The van der Waals surface area contributed by atoms with E-state index in [1.807, 2.05) is 24.5 Å². The smallest absolute Gasteiger partial charge is 0.223 e. The van der Waals surface area contributed by atoms with Gasteiger partial charge in [-0.15, -0.1) is 0 Å². The Labute approximate surface area is 121 Å². The summed E-state index contributed by atoms with van der Waals surface area (Å²) in [5, 5.41) is 3.07. The molecule has 110 valence electrons. The van der Waals surface area contributed by atoms with Crippen molar-refractivity contribution in [1.82, 2.24) is 10.3 Å². The first-order chi connectivity index (χ1) is 9.66. The molecule has 1 aromatic heterocycles. The highest BCUT2D eigenvalue weighted by molar-refractivity contribution is 5.78. The van der Waals surface area contributed by atoms with Crippen molar-refractivity contribution in [3.05, 3.63) is 24.5 Å². The molecule has 0 saturated carbocycles. The fourth-order valence-corrected chi connectivity index (χ4v) is 2.58. The van der Waals surface area contributed by atoms with Gasteiger partial charge >= 0.3 is 0 Å². The van der Waals surface area contributed by atoms with Crippen LogP contribution in [-0.4, -0.2) is 30.5 Å². The summed E-state index contributed by atoms with van der Waals surface area (Å²) in [6.45, 7) is 7.07. The second kappa shape index (κ2) is 7.27. The van der Waals surface area contributed by atoms with Crippen LogP contribution in [0.5, 0.6) is 0 Å². The summed E-state index contributed by atoms with van der Waals surface area (Å²) in [4.78, 5) is 18.5. The van der Waals surface area contributed by atoms with Gasteiger partial charge in [0.25, 0.3) is 0 Å². The minimum Gasteiger partial charge on any atom is -0.371 e. The number of aromatic nitrogens is 1. The summed E-state index contributed by atoms with van der Waals surface area (Å²) < 4.78 is 0. The number of hydrogen-bond donors (Lipinski definition) is 1. The van der Waals surface area contributed by atoms with E-state index in [2.05, 4.69) is 29.0 Å². The van der Waals surface area contributed by atoms with E-state index in [1.165, 1.54) is 5.69 Å². The largest absolute Gasteiger partial charge is 0.371 e. The van der Waals surface area contributed by atoms with Crippen molar-refractivity contribution in [3.63, 3.8) is 0 Å². The fraction of sp³-hybridized carbons (Fsp3) is 0.625. The molecule has 0 bridgehead atoms. The van der Waals surface area contributed by atoms with Crippen LogP contribution in [0.25, 0.3) is 0 Å². The van der Waals surface area contributed by atoms with Crippen LogP contribution in [0.1, 0.15) is 33.1 Å². The van der Waals surface area contributed by atoms with E-state index >= 15 is 0 Å². The average molecular weight is 275 g/mol. The van der Waals surface area contributed by atoms with Crippen molar-refractivity contribution in [2.45, 2.75) is 33.1 Å². The van der Waals surface area contributed by atoms with E-state index in [0.717, 1.165) is 38.9 Å². The highest BCUT2D eigenvalue weighted by atomic mass is 16.1. The Morgan fingerprint density at radius 2 is 2.00 bits per heavy atom. The number of nitrogens with one attached hydrogen (secondary N) is 1. The first kappa shape index (κ1) is 14.8. The summed E-state index contributed by atoms with van der Waals surface area (Å²) in [5.74, 6) is 1.06. The molecule has 1 aliphatic heterocycles. The molecule has 1 amide bonds. The van der Waals surface area contributed by atoms with Gasteiger partial charge in [-0.3, -0.25) is 9.78 Å². The zero-order valence-electron chi connectivity index (χ0n) is 12.5. The van der Waals surface area contributed by atoms with Crippen LogP contribution in [0, 0.1) is 11.8 Å². The summed E-state index contributed by atoms with van der Waals surface area (Å²) in [5.41, 5.74) is 1.21. The summed E-state index contributed by atoms with van der Waals surface area (Å²) in [7, 11) is 0. The summed E-state index contributed by atoms with van der Waals surface area (Å²) in [6, 6.07) is 4.06. The van der Waals surface area contributed by atoms with Crippen molar-refractivity contribution >= 4 is 11.6 Å². The molecule has 0 spiro atoms. The van der Waals surface area contributed by atoms with Gasteiger partial charge in [0.15, 0.2) is 0 Å². The van der Waals surface area contributed by atoms with Crippen molar-refractivity contribution in [2.24, 2.45) is 11.8 Å². The lowest BCUT2D eigenvalue weighted by Gasteiger charge is -2.32. The molecular formula is C16H25N3O. The maximum absolute atomic E-state index is 12.1. The fourth-order valence-electron chi connectivity index (χ4n) is 2.58. The van der Waals surface area contributed by atoms with E-state index in [9.17, 15) is 4.79 Å². The zero-order valence-corrected chi connectivity index (χ0v) is 12.5. The normalized spacial score (nSPS) is 16.4. The van der Waals surface area contributed by atoms with Crippen molar-refractivity contribution in [1.29, 1.82) is 0 Å². The third-order valence-electron chi connectivity index (χ3n) is 3.91. The maximum atomic E-state index is 12.1. The van der Waals surface area contributed by atoms with E-state index in [1.54, 1.807) is 0 Å². The Bertz CT molecular complexity index is 411. The van der Waals surface area contributed by atoms with Crippen LogP contribution < -0.4 is 10.2 Å². The minimum atomic E-state index is 0.181. The molecule has 1 fully saturated rings. The number of piperidine rings is 1. The quantitative estimate of drug-likeness (QED) is 0.898. The van der Waals surface area contributed by atoms with Crippen LogP contribution in [0.2, 0.25) is 0 Å². The molecule has 0 aliphatic carbocycles. The third kappa shape index (κ3) is 4.22. The van der Waals surface area contributed by atoms with Crippen LogP contribution in [0.15, 0.2) is 24.5 Å². The number of carbonyl (C=O) groups is 1. The first-order valence-corrected chi connectivity index (χ1v) is 7.59. The number of hydrogen-bond acceptors (Lipinski definition) is 3.